The first kappa shape index (κ1) is 20.1. The van der Waals surface area contributed by atoms with Crippen molar-refractivity contribution in [3.05, 3.63) is 67.5 Å². The predicted octanol–water partition coefficient (Wildman–Crippen LogP) is 3.26. The predicted molar refractivity (Wildman–Crippen MR) is 128 cm³/mol. The van der Waals surface area contributed by atoms with Gasteiger partial charge in [-0.1, -0.05) is 18.7 Å². The number of hydrogen-bond donors (Lipinski definition) is 1. The molecule has 0 spiro atoms. The molecule has 0 aliphatic carbocycles. The van der Waals surface area contributed by atoms with E-state index >= 15 is 0 Å². The second kappa shape index (κ2) is 8.39. The van der Waals surface area contributed by atoms with Crippen LogP contribution < -0.4 is 10.2 Å². The quantitative estimate of drug-likeness (QED) is 0.525. The van der Waals surface area contributed by atoms with Gasteiger partial charge in [-0.15, -0.1) is 0 Å². The molecule has 1 N–H and O–H groups in total. The lowest BCUT2D eigenvalue weighted by Crippen LogP contribution is -2.44. The van der Waals surface area contributed by atoms with Crippen LogP contribution in [-0.4, -0.2) is 62.9 Å². The van der Waals surface area contributed by atoms with Crippen molar-refractivity contribution in [1.82, 2.24) is 29.6 Å². The third-order valence-electron chi connectivity index (χ3n) is 5.83. The van der Waals surface area contributed by atoms with Crippen LogP contribution in [0.25, 0.3) is 27.6 Å². The van der Waals surface area contributed by atoms with Gasteiger partial charge in [0.2, 0.25) is 0 Å². The maximum absolute atomic E-state index is 4.55. The molecule has 1 fully saturated rings. The molecule has 1 aromatic carbocycles. The Morgan fingerprint density at radius 1 is 0.906 bits per heavy atom. The zero-order chi connectivity index (χ0) is 22.1. The zero-order valence-corrected chi connectivity index (χ0v) is 18.4. The lowest BCUT2D eigenvalue weighted by molar-refractivity contribution is 0.312. The summed E-state index contributed by atoms with van der Waals surface area (Å²) in [5.41, 5.74) is 3.66. The Morgan fingerprint density at radius 2 is 1.75 bits per heavy atom. The van der Waals surface area contributed by atoms with Crippen LogP contribution in [0.5, 0.6) is 0 Å². The van der Waals surface area contributed by atoms with Crippen LogP contribution in [-0.2, 0) is 7.05 Å². The van der Waals surface area contributed by atoms with Gasteiger partial charge in [-0.3, -0.25) is 4.68 Å². The molecule has 0 amide bonds. The van der Waals surface area contributed by atoms with Crippen molar-refractivity contribution in [1.29, 1.82) is 0 Å². The van der Waals surface area contributed by atoms with E-state index in [1.54, 1.807) is 11.0 Å². The summed E-state index contributed by atoms with van der Waals surface area (Å²) in [5.74, 6) is 1.66. The molecule has 8 nitrogen and oxygen atoms in total. The minimum Gasteiger partial charge on any atom is -0.354 e. The Bertz CT molecular complexity index is 1270. The van der Waals surface area contributed by atoms with Gasteiger partial charge in [0.15, 0.2) is 0 Å². The molecule has 1 aliphatic heterocycles. The van der Waals surface area contributed by atoms with Crippen molar-refractivity contribution in [2.45, 2.75) is 0 Å². The van der Waals surface area contributed by atoms with Gasteiger partial charge >= 0.3 is 0 Å². The smallest absolute Gasteiger partial charge is 0.132 e. The second-order valence-corrected chi connectivity index (χ2v) is 8.19. The topological polar surface area (TPSA) is 75.0 Å². The van der Waals surface area contributed by atoms with Gasteiger partial charge in [-0.2, -0.15) is 5.10 Å². The van der Waals surface area contributed by atoms with Crippen LogP contribution in [0.4, 0.5) is 11.6 Å². The summed E-state index contributed by atoms with van der Waals surface area (Å²) in [4.78, 5) is 18.0. The number of nitrogens with one attached hydrogen (secondary N) is 1. The maximum atomic E-state index is 4.55. The van der Waals surface area contributed by atoms with E-state index < -0.39 is 0 Å². The molecule has 4 aromatic rings. The van der Waals surface area contributed by atoms with Crippen molar-refractivity contribution in [2.24, 2.45) is 7.05 Å². The number of aryl methyl sites for hydroxylation is 1. The molecule has 0 bridgehead atoms. The third-order valence-corrected chi connectivity index (χ3v) is 5.83. The standard InChI is InChI=1S/C24H26N8/c1-17(22-12-24(27-16-26-22)32-8-6-30(2)7-9-32)29-23-11-20-10-18(4-5-19(20)13-25-23)21-14-28-31(3)15-21/h4-5,10-16H,1,6-9H2,2-3H3,(H,25,29). The summed E-state index contributed by atoms with van der Waals surface area (Å²) >= 11 is 0. The normalized spacial score (nSPS) is 14.6. The van der Waals surface area contributed by atoms with Crippen molar-refractivity contribution in [3.8, 4) is 11.1 Å². The highest BCUT2D eigenvalue weighted by atomic mass is 15.3. The molecule has 1 saturated heterocycles. The van der Waals surface area contributed by atoms with E-state index in [0.29, 0.717) is 5.70 Å². The number of likely N-dealkylation sites (N-methyl/N-ethyl adjacent to an activating group) is 1. The zero-order valence-electron chi connectivity index (χ0n) is 18.4. The van der Waals surface area contributed by atoms with E-state index in [1.807, 2.05) is 37.8 Å². The van der Waals surface area contributed by atoms with E-state index in [9.17, 15) is 0 Å². The lowest BCUT2D eigenvalue weighted by Gasteiger charge is -2.33. The Labute approximate surface area is 187 Å². The summed E-state index contributed by atoms with van der Waals surface area (Å²) in [6.45, 7) is 8.16. The van der Waals surface area contributed by atoms with Crippen molar-refractivity contribution in [3.63, 3.8) is 0 Å². The largest absolute Gasteiger partial charge is 0.354 e. The summed E-state index contributed by atoms with van der Waals surface area (Å²) in [6, 6.07) is 10.3. The fourth-order valence-electron chi connectivity index (χ4n) is 3.90. The number of hydrogen-bond acceptors (Lipinski definition) is 7. The van der Waals surface area contributed by atoms with Crippen molar-refractivity contribution in [2.75, 3.05) is 43.4 Å². The molecule has 0 unspecified atom stereocenters. The molecule has 8 heteroatoms. The SMILES string of the molecule is C=C(Nc1cc2cc(-c3cnn(C)c3)ccc2cn1)c1cc(N2CCN(C)CC2)ncn1. The maximum Gasteiger partial charge on any atom is 0.132 e. The Morgan fingerprint density at radius 3 is 2.53 bits per heavy atom. The summed E-state index contributed by atoms with van der Waals surface area (Å²) < 4.78 is 1.81. The number of benzene rings is 1. The van der Waals surface area contributed by atoms with Crippen LogP contribution in [0, 0.1) is 0 Å². The molecule has 0 atom stereocenters. The van der Waals surface area contributed by atoms with Crippen LogP contribution >= 0.6 is 0 Å². The Hall–Kier alpha value is -3.78. The van der Waals surface area contributed by atoms with Gasteiger partial charge in [0, 0.05) is 62.6 Å². The number of fused-ring (bicyclic) bond motifs is 1. The minimum absolute atomic E-state index is 0.693. The third kappa shape index (κ3) is 4.17. The first-order valence-electron chi connectivity index (χ1n) is 10.7. The highest BCUT2D eigenvalue weighted by Crippen LogP contribution is 2.26. The average Bonchev–Trinajstić information content (AvgIpc) is 3.25. The van der Waals surface area contributed by atoms with E-state index in [1.165, 1.54) is 0 Å². The fraction of sp³-hybridized carbons (Fsp3) is 0.250. The van der Waals surface area contributed by atoms with Gasteiger partial charge in [0.25, 0.3) is 0 Å². The molecule has 4 heterocycles. The number of pyridine rings is 1. The molecule has 32 heavy (non-hydrogen) atoms. The number of rotatable bonds is 5. The van der Waals surface area contributed by atoms with Crippen LogP contribution in [0.1, 0.15) is 5.69 Å². The van der Waals surface area contributed by atoms with Crippen LogP contribution in [0.2, 0.25) is 0 Å². The van der Waals surface area contributed by atoms with E-state index in [4.69, 9.17) is 0 Å². The monoisotopic (exact) mass is 426 g/mol. The number of nitrogens with zero attached hydrogens (tertiary/aromatic N) is 7. The van der Waals surface area contributed by atoms with Gasteiger partial charge in [-0.25, -0.2) is 15.0 Å². The van der Waals surface area contributed by atoms with Gasteiger partial charge in [0.05, 0.1) is 17.6 Å². The molecular formula is C24H26N8. The highest BCUT2D eigenvalue weighted by Gasteiger charge is 2.16. The van der Waals surface area contributed by atoms with E-state index in [2.05, 4.69) is 67.0 Å². The first-order chi connectivity index (χ1) is 15.5. The van der Waals surface area contributed by atoms with Gasteiger partial charge < -0.3 is 15.1 Å². The minimum atomic E-state index is 0.693. The van der Waals surface area contributed by atoms with E-state index in [-0.39, 0.29) is 0 Å². The molecule has 1 aliphatic rings. The molecule has 162 valence electrons. The number of piperazine rings is 1. The molecule has 0 radical (unpaired) electrons. The second-order valence-electron chi connectivity index (χ2n) is 8.19. The summed E-state index contributed by atoms with van der Waals surface area (Å²) in [6.07, 6.45) is 7.35. The molecule has 3 aromatic heterocycles. The average molecular weight is 427 g/mol. The lowest BCUT2D eigenvalue weighted by atomic mass is 10.1. The Kier molecular flexibility index (Phi) is 5.28. The number of aromatic nitrogens is 5. The summed E-state index contributed by atoms with van der Waals surface area (Å²) in [5, 5.41) is 9.75. The van der Waals surface area contributed by atoms with Crippen molar-refractivity contribution < 1.29 is 0 Å². The molecular weight excluding hydrogens is 400 g/mol. The first-order valence-corrected chi connectivity index (χ1v) is 10.7. The van der Waals surface area contributed by atoms with Crippen molar-refractivity contribution >= 4 is 28.1 Å². The Balaban J connectivity index is 1.36. The molecule has 5 rings (SSSR count). The molecule has 0 saturated carbocycles. The van der Waals surface area contributed by atoms with Crippen LogP contribution in [0.15, 0.2) is 61.8 Å². The summed E-state index contributed by atoms with van der Waals surface area (Å²) in [7, 11) is 4.06. The van der Waals surface area contributed by atoms with Gasteiger partial charge in [0.1, 0.15) is 18.0 Å². The van der Waals surface area contributed by atoms with E-state index in [0.717, 1.165) is 65.4 Å². The number of anilines is 2. The highest BCUT2D eigenvalue weighted by molar-refractivity contribution is 5.89. The van der Waals surface area contributed by atoms with Gasteiger partial charge in [-0.05, 0) is 30.1 Å². The van der Waals surface area contributed by atoms with Crippen LogP contribution in [0.3, 0.4) is 0 Å². The fourth-order valence-corrected chi connectivity index (χ4v) is 3.90.